The van der Waals surface area contributed by atoms with Gasteiger partial charge in [-0.3, -0.25) is 14.2 Å². The summed E-state index contributed by atoms with van der Waals surface area (Å²) in [7, 11) is 0. The van der Waals surface area contributed by atoms with Gasteiger partial charge in [0.15, 0.2) is 0 Å². The quantitative estimate of drug-likeness (QED) is 0.622. The Kier molecular flexibility index (Phi) is 4.76. The average molecular weight is 445 g/mol. The van der Waals surface area contributed by atoms with Crippen LogP contribution in [-0.4, -0.2) is 44.5 Å². The van der Waals surface area contributed by atoms with Crippen LogP contribution in [0, 0.1) is 5.92 Å². The second-order valence-corrected chi connectivity index (χ2v) is 9.64. The number of hydrazine groups is 1. The van der Waals surface area contributed by atoms with E-state index in [9.17, 15) is 14.4 Å². The number of hydrogen-bond acceptors (Lipinski definition) is 4. The Morgan fingerprint density at radius 2 is 1.39 bits per heavy atom. The third-order valence-electron chi connectivity index (χ3n) is 8.06. The van der Waals surface area contributed by atoms with Gasteiger partial charge in [0.05, 0.1) is 27.7 Å². The van der Waals surface area contributed by atoms with Gasteiger partial charge in [0.1, 0.15) is 0 Å². The Bertz CT molecular complexity index is 1260. The van der Waals surface area contributed by atoms with Crippen LogP contribution in [0.15, 0.2) is 53.3 Å². The summed E-state index contributed by atoms with van der Waals surface area (Å²) < 4.78 is 2.01. The summed E-state index contributed by atoms with van der Waals surface area (Å²) in [6, 6.07) is 14.9. The lowest BCUT2D eigenvalue weighted by Gasteiger charge is -2.49. The second kappa shape index (κ2) is 7.70. The molecule has 1 aromatic heterocycles. The van der Waals surface area contributed by atoms with Crippen LogP contribution in [-0.2, 0) is 5.54 Å². The normalized spacial score (nSPS) is 21.6. The third kappa shape index (κ3) is 3.02. The number of carbonyl (C=O) groups is 2. The number of benzene rings is 2. The van der Waals surface area contributed by atoms with Gasteiger partial charge in [0.25, 0.3) is 11.8 Å². The van der Waals surface area contributed by atoms with E-state index < -0.39 is 0 Å². The van der Waals surface area contributed by atoms with Gasteiger partial charge in [-0.25, -0.2) is 14.8 Å². The van der Waals surface area contributed by atoms with Gasteiger partial charge >= 0.3 is 5.69 Å². The van der Waals surface area contributed by atoms with E-state index in [1.807, 2.05) is 33.8 Å². The number of fused-ring (bicyclic) bond motifs is 2. The number of nitrogens with zero attached hydrogens (tertiary/aromatic N) is 3. The maximum Gasteiger partial charge on any atom is 0.326 e. The molecule has 1 aliphatic carbocycles. The van der Waals surface area contributed by atoms with Crippen LogP contribution < -0.4 is 5.69 Å². The van der Waals surface area contributed by atoms with Crippen molar-refractivity contribution in [2.75, 3.05) is 13.1 Å². The molecule has 3 aromatic rings. The first-order chi connectivity index (χ1) is 16.1. The molecule has 0 radical (unpaired) electrons. The van der Waals surface area contributed by atoms with Gasteiger partial charge in [-0.15, -0.1) is 0 Å². The zero-order valence-electron chi connectivity index (χ0n) is 18.6. The highest BCUT2D eigenvalue weighted by Gasteiger charge is 2.48. The zero-order chi connectivity index (χ0) is 22.6. The summed E-state index contributed by atoms with van der Waals surface area (Å²) in [5.41, 5.74) is 2.38. The minimum absolute atomic E-state index is 0.0593. The SMILES string of the molecule is O=C1c2ccccc2C(=O)N1N1CCC(C2CCCCC2)(n2c(=O)[nH]c3ccccc32)CC1. The largest absolute Gasteiger partial charge is 0.326 e. The van der Waals surface area contributed by atoms with E-state index in [-0.39, 0.29) is 23.0 Å². The molecule has 3 heterocycles. The van der Waals surface area contributed by atoms with Gasteiger partial charge in [-0.1, -0.05) is 43.5 Å². The van der Waals surface area contributed by atoms with Crippen molar-refractivity contribution in [2.45, 2.75) is 50.5 Å². The fraction of sp³-hybridized carbons (Fsp3) is 0.423. The summed E-state index contributed by atoms with van der Waals surface area (Å²) in [6.45, 7) is 1.13. The molecule has 1 saturated heterocycles. The standard InChI is InChI=1S/C26H28N4O3/c31-23-19-10-4-5-11-20(19)24(32)30(23)28-16-14-26(15-17-28,18-8-2-1-3-9-18)29-22-13-7-6-12-21(22)27-25(29)33/h4-7,10-13,18H,1-3,8-9,14-17H2,(H,27,33). The molecule has 0 spiro atoms. The molecule has 2 aromatic carbocycles. The molecule has 1 N–H and O–H groups in total. The van der Waals surface area contributed by atoms with Crippen molar-refractivity contribution in [1.29, 1.82) is 0 Å². The van der Waals surface area contributed by atoms with Gasteiger partial charge in [0, 0.05) is 13.1 Å². The molecule has 7 heteroatoms. The number of H-pyrrole nitrogens is 1. The molecule has 0 bridgehead atoms. The molecule has 6 rings (SSSR count). The van der Waals surface area contributed by atoms with Crippen LogP contribution in [0.25, 0.3) is 11.0 Å². The fourth-order valence-electron chi connectivity index (χ4n) is 6.47. The van der Waals surface area contributed by atoms with E-state index in [4.69, 9.17) is 0 Å². The van der Waals surface area contributed by atoms with Crippen molar-refractivity contribution in [3.8, 4) is 0 Å². The number of rotatable bonds is 3. The van der Waals surface area contributed by atoms with Crippen LogP contribution in [0.5, 0.6) is 0 Å². The zero-order valence-corrected chi connectivity index (χ0v) is 18.6. The van der Waals surface area contributed by atoms with Crippen LogP contribution in [0.1, 0.15) is 65.7 Å². The molecule has 33 heavy (non-hydrogen) atoms. The average Bonchev–Trinajstić information content (AvgIpc) is 3.33. The van der Waals surface area contributed by atoms with E-state index in [0.717, 1.165) is 36.7 Å². The van der Waals surface area contributed by atoms with Gasteiger partial charge in [-0.05, 0) is 55.9 Å². The predicted octanol–water partition coefficient (Wildman–Crippen LogP) is 3.91. The molecule has 0 unspecified atom stereocenters. The van der Waals surface area contributed by atoms with Crippen molar-refractivity contribution in [3.05, 3.63) is 70.1 Å². The van der Waals surface area contributed by atoms with Crippen molar-refractivity contribution in [3.63, 3.8) is 0 Å². The van der Waals surface area contributed by atoms with Crippen molar-refractivity contribution < 1.29 is 9.59 Å². The van der Waals surface area contributed by atoms with E-state index >= 15 is 0 Å². The third-order valence-corrected chi connectivity index (χ3v) is 8.06. The number of nitrogens with one attached hydrogen (secondary N) is 1. The molecule has 3 aliphatic rings. The number of aromatic amines is 1. The lowest BCUT2D eigenvalue weighted by Crippen LogP contribution is -2.58. The molecule has 170 valence electrons. The highest BCUT2D eigenvalue weighted by atomic mass is 16.2. The number of imidazole rings is 1. The minimum atomic E-state index is -0.313. The summed E-state index contributed by atoms with van der Waals surface area (Å²) >= 11 is 0. The van der Waals surface area contributed by atoms with E-state index in [0.29, 0.717) is 30.1 Å². The maximum absolute atomic E-state index is 13.3. The van der Waals surface area contributed by atoms with Crippen molar-refractivity contribution >= 4 is 22.8 Å². The number of aromatic nitrogens is 2. The Labute approximate surface area is 192 Å². The second-order valence-electron chi connectivity index (χ2n) is 9.64. The van der Waals surface area contributed by atoms with Gasteiger partial charge in [0.2, 0.25) is 0 Å². The summed E-state index contributed by atoms with van der Waals surface area (Å²) in [6.07, 6.45) is 7.30. The maximum atomic E-state index is 13.3. The Morgan fingerprint density at radius 1 is 0.788 bits per heavy atom. The Balaban J connectivity index is 1.36. The molecule has 7 nitrogen and oxygen atoms in total. The lowest BCUT2D eigenvalue weighted by molar-refractivity contribution is -0.0435. The number of hydrogen-bond donors (Lipinski definition) is 1. The number of amides is 2. The first-order valence-electron chi connectivity index (χ1n) is 12.0. The summed E-state index contributed by atoms with van der Waals surface area (Å²) in [4.78, 5) is 42.4. The molecule has 2 fully saturated rings. The number of carbonyl (C=O) groups excluding carboxylic acids is 2. The monoisotopic (exact) mass is 444 g/mol. The van der Waals surface area contributed by atoms with Crippen molar-refractivity contribution in [1.82, 2.24) is 19.6 Å². The van der Waals surface area contributed by atoms with Crippen molar-refractivity contribution in [2.24, 2.45) is 5.92 Å². The van der Waals surface area contributed by atoms with Gasteiger partial charge < -0.3 is 4.98 Å². The van der Waals surface area contributed by atoms with Crippen LogP contribution >= 0.6 is 0 Å². The Hall–Kier alpha value is -3.19. The lowest BCUT2D eigenvalue weighted by atomic mass is 9.69. The van der Waals surface area contributed by atoms with Crippen LogP contribution in [0.2, 0.25) is 0 Å². The number of imide groups is 1. The van der Waals surface area contributed by atoms with E-state index in [1.54, 1.807) is 24.3 Å². The van der Waals surface area contributed by atoms with Gasteiger partial charge in [-0.2, -0.15) is 0 Å². The number of piperidine rings is 1. The fourth-order valence-corrected chi connectivity index (χ4v) is 6.47. The summed E-state index contributed by atoms with van der Waals surface area (Å²) in [5.74, 6) is -0.0810. The smallest absolute Gasteiger partial charge is 0.306 e. The highest BCUT2D eigenvalue weighted by Crippen LogP contribution is 2.45. The minimum Gasteiger partial charge on any atom is -0.306 e. The topological polar surface area (TPSA) is 78.4 Å². The molecule has 2 aliphatic heterocycles. The summed E-state index contributed by atoms with van der Waals surface area (Å²) in [5, 5.41) is 3.22. The molecule has 1 saturated carbocycles. The van der Waals surface area contributed by atoms with Crippen LogP contribution in [0.3, 0.4) is 0 Å². The van der Waals surface area contributed by atoms with E-state index in [2.05, 4.69) is 4.98 Å². The first kappa shape index (κ1) is 20.4. The predicted molar refractivity (Wildman–Crippen MR) is 125 cm³/mol. The van der Waals surface area contributed by atoms with E-state index in [1.165, 1.54) is 24.3 Å². The first-order valence-corrected chi connectivity index (χ1v) is 12.0. The van der Waals surface area contributed by atoms with Crippen LogP contribution in [0.4, 0.5) is 0 Å². The molecule has 0 atom stereocenters. The molecular weight excluding hydrogens is 416 g/mol. The number of para-hydroxylation sites is 2. The molecule has 2 amide bonds. The Morgan fingerprint density at radius 3 is 2.06 bits per heavy atom. The molecular formula is C26H28N4O3. The highest BCUT2D eigenvalue weighted by molar-refractivity contribution is 6.20.